The Morgan fingerprint density at radius 1 is 1.14 bits per heavy atom. The number of hydrogen-bond donors (Lipinski definition) is 0. The van der Waals surface area contributed by atoms with Gasteiger partial charge in [0.05, 0.1) is 6.42 Å². The highest BCUT2D eigenvalue weighted by Gasteiger charge is 2.20. The summed E-state index contributed by atoms with van der Waals surface area (Å²) in [6.45, 7) is 0.394. The van der Waals surface area contributed by atoms with E-state index in [9.17, 15) is 14.4 Å². The molecular formula is C14H23NO6. The van der Waals surface area contributed by atoms with E-state index in [2.05, 4.69) is 0 Å². The van der Waals surface area contributed by atoms with Gasteiger partial charge in [-0.05, 0) is 26.9 Å². The number of carbonyl (C=O) groups is 3. The van der Waals surface area contributed by atoms with Crippen molar-refractivity contribution in [2.45, 2.75) is 38.2 Å². The van der Waals surface area contributed by atoms with Gasteiger partial charge in [-0.25, -0.2) is 0 Å². The maximum absolute atomic E-state index is 11.7. The first-order valence-electron chi connectivity index (χ1n) is 7.13. The van der Waals surface area contributed by atoms with Crippen molar-refractivity contribution in [1.29, 1.82) is 0 Å². The lowest BCUT2D eigenvalue weighted by molar-refractivity contribution is -0.166. The molecule has 0 spiro atoms. The van der Waals surface area contributed by atoms with Gasteiger partial charge in [0.15, 0.2) is 6.10 Å². The highest BCUT2D eigenvalue weighted by Crippen LogP contribution is 2.08. The molecule has 1 fully saturated rings. The third kappa shape index (κ3) is 8.29. The Bertz CT molecular complexity index is 346. The molecular weight excluding hydrogens is 278 g/mol. The zero-order chi connectivity index (χ0) is 15.7. The van der Waals surface area contributed by atoms with E-state index in [1.54, 1.807) is 0 Å². The first kappa shape index (κ1) is 17.4. The van der Waals surface area contributed by atoms with Crippen molar-refractivity contribution in [2.75, 3.05) is 33.9 Å². The Morgan fingerprint density at radius 2 is 1.67 bits per heavy atom. The molecule has 0 aromatic carbocycles. The molecule has 7 heteroatoms. The second kappa shape index (κ2) is 9.33. The summed E-state index contributed by atoms with van der Waals surface area (Å²) in [5, 5.41) is 0. The van der Waals surface area contributed by atoms with Gasteiger partial charge in [-0.2, -0.15) is 0 Å². The van der Waals surface area contributed by atoms with E-state index in [-0.39, 0.29) is 44.4 Å². The first-order valence-corrected chi connectivity index (χ1v) is 7.13. The van der Waals surface area contributed by atoms with E-state index in [1.807, 2.05) is 19.0 Å². The van der Waals surface area contributed by atoms with Gasteiger partial charge in [0.1, 0.15) is 13.2 Å². The molecule has 0 aromatic heterocycles. The van der Waals surface area contributed by atoms with Crippen LogP contribution in [0.2, 0.25) is 0 Å². The molecule has 0 aliphatic carbocycles. The molecule has 120 valence electrons. The van der Waals surface area contributed by atoms with Crippen LogP contribution >= 0.6 is 0 Å². The Kier molecular flexibility index (Phi) is 7.74. The summed E-state index contributed by atoms with van der Waals surface area (Å²) in [7, 11) is 3.70. The lowest BCUT2D eigenvalue weighted by Gasteiger charge is -2.18. The summed E-state index contributed by atoms with van der Waals surface area (Å²) in [6, 6.07) is 0. The van der Waals surface area contributed by atoms with Crippen LogP contribution in [0.3, 0.4) is 0 Å². The molecule has 21 heavy (non-hydrogen) atoms. The number of hydrogen-bond acceptors (Lipinski definition) is 7. The van der Waals surface area contributed by atoms with E-state index >= 15 is 0 Å². The fourth-order valence-electron chi connectivity index (χ4n) is 1.73. The Balaban J connectivity index is 2.48. The minimum absolute atomic E-state index is 0.0835. The van der Waals surface area contributed by atoms with Gasteiger partial charge < -0.3 is 19.1 Å². The molecule has 0 unspecified atom stereocenters. The molecule has 0 amide bonds. The number of cyclic esters (lactones) is 2. The van der Waals surface area contributed by atoms with E-state index in [0.717, 1.165) is 0 Å². The standard InChI is InChI=1S/C14H23NO6/c1-15(2)8-7-14(18)21-11-9-19-12(16)5-3-4-6-13(17)20-10-11/h11H,3-10H2,1-2H3. The van der Waals surface area contributed by atoms with Crippen molar-refractivity contribution in [2.24, 2.45) is 0 Å². The highest BCUT2D eigenvalue weighted by atomic mass is 16.6. The first-order chi connectivity index (χ1) is 9.97. The molecule has 0 atom stereocenters. The number of nitrogens with zero attached hydrogens (tertiary/aromatic N) is 1. The van der Waals surface area contributed by atoms with Gasteiger partial charge in [0.25, 0.3) is 0 Å². The number of carbonyl (C=O) groups excluding carboxylic acids is 3. The zero-order valence-electron chi connectivity index (χ0n) is 12.6. The SMILES string of the molecule is CN(C)CCC(=O)OC1COC(=O)CCCCC(=O)OC1. The Morgan fingerprint density at radius 3 is 2.14 bits per heavy atom. The molecule has 1 aliphatic heterocycles. The topological polar surface area (TPSA) is 82.1 Å². The Hall–Kier alpha value is -1.63. The average molecular weight is 301 g/mol. The van der Waals surface area contributed by atoms with Gasteiger partial charge in [-0.1, -0.05) is 0 Å². The normalized spacial score (nSPS) is 18.6. The van der Waals surface area contributed by atoms with Crippen LogP contribution in [0.5, 0.6) is 0 Å². The third-order valence-electron chi connectivity index (χ3n) is 2.93. The molecule has 0 radical (unpaired) electrons. The molecule has 1 aliphatic rings. The van der Waals surface area contributed by atoms with Crippen molar-refractivity contribution >= 4 is 17.9 Å². The van der Waals surface area contributed by atoms with Gasteiger partial charge in [-0.3, -0.25) is 14.4 Å². The summed E-state index contributed by atoms with van der Waals surface area (Å²) in [5.41, 5.74) is 0. The zero-order valence-corrected chi connectivity index (χ0v) is 12.6. The van der Waals surface area contributed by atoms with Crippen molar-refractivity contribution in [3.63, 3.8) is 0 Å². The molecule has 0 N–H and O–H groups in total. The Labute approximate surface area is 124 Å². The van der Waals surface area contributed by atoms with Crippen molar-refractivity contribution < 1.29 is 28.6 Å². The van der Waals surface area contributed by atoms with Gasteiger partial charge >= 0.3 is 17.9 Å². The van der Waals surface area contributed by atoms with E-state index in [0.29, 0.717) is 19.4 Å². The van der Waals surface area contributed by atoms with Gasteiger partial charge in [-0.15, -0.1) is 0 Å². The second-order valence-corrected chi connectivity index (χ2v) is 5.24. The minimum atomic E-state index is -0.745. The highest BCUT2D eigenvalue weighted by molar-refractivity contribution is 5.71. The second-order valence-electron chi connectivity index (χ2n) is 5.24. The molecule has 1 saturated heterocycles. The predicted octanol–water partition coefficient (Wildman–Crippen LogP) is 0.510. The third-order valence-corrected chi connectivity index (χ3v) is 2.93. The van der Waals surface area contributed by atoms with Crippen LogP contribution in [0.25, 0.3) is 0 Å². The minimum Gasteiger partial charge on any atom is -0.462 e. The average Bonchev–Trinajstić information content (AvgIpc) is 2.46. The largest absolute Gasteiger partial charge is 0.462 e. The summed E-state index contributed by atoms with van der Waals surface area (Å²) in [6.07, 6.45) is 1.17. The molecule has 0 saturated carbocycles. The van der Waals surface area contributed by atoms with Crippen LogP contribution in [-0.2, 0) is 28.6 Å². The van der Waals surface area contributed by atoms with E-state index < -0.39 is 12.1 Å². The molecule has 0 aromatic rings. The fourth-order valence-corrected chi connectivity index (χ4v) is 1.73. The monoisotopic (exact) mass is 301 g/mol. The van der Waals surface area contributed by atoms with E-state index in [1.165, 1.54) is 0 Å². The number of esters is 3. The predicted molar refractivity (Wildman–Crippen MR) is 73.4 cm³/mol. The maximum Gasteiger partial charge on any atom is 0.307 e. The van der Waals surface area contributed by atoms with Crippen LogP contribution in [0.15, 0.2) is 0 Å². The van der Waals surface area contributed by atoms with Crippen molar-refractivity contribution in [3.05, 3.63) is 0 Å². The van der Waals surface area contributed by atoms with Crippen molar-refractivity contribution in [1.82, 2.24) is 4.90 Å². The van der Waals surface area contributed by atoms with Crippen LogP contribution in [-0.4, -0.2) is 62.8 Å². The van der Waals surface area contributed by atoms with Gasteiger partial charge in [0.2, 0.25) is 0 Å². The van der Waals surface area contributed by atoms with Crippen molar-refractivity contribution in [3.8, 4) is 0 Å². The summed E-state index contributed by atoms with van der Waals surface area (Å²) in [4.78, 5) is 36.4. The summed E-state index contributed by atoms with van der Waals surface area (Å²) in [5.74, 6) is -1.10. The molecule has 1 heterocycles. The van der Waals surface area contributed by atoms with Crippen LogP contribution in [0, 0.1) is 0 Å². The lowest BCUT2D eigenvalue weighted by Crippen LogP contribution is -2.31. The van der Waals surface area contributed by atoms with Crippen LogP contribution < -0.4 is 0 Å². The molecule has 1 rings (SSSR count). The van der Waals surface area contributed by atoms with Crippen LogP contribution in [0.4, 0.5) is 0 Å². The quantitative estimate of drug-likeness (QED) is 0.552. The summed E-state index contributed by atoms with van der Waals surface area (Å²) < 4.78 is 15.3. The van der Waals surface area contributed by atoms with Crippen LogP contribution in [0.1, 0.15) is 32.1 Å². The number of ether oxygens (including phenoxy) is 3. The lowest BCUT2D eigenvalue weighted by atomic mass is 10.2. The molecule has 7 nitrogen and oxygen atoms in total. The smallest absolute Gasteiger partial charge is 0.307 e. The fraction of sp³-hybridized carbons (Fsp3) is 0.786. The summed E-state index contributed by atoms with van der Waals surface area (Å²) >= 11 is 0. The van der Waals surface area contributed by atoms with Gasteiger partial charge in [0, 0.05) is 19.4 Å². The molecule has 0 bridgehead atoms. The number of rotatable bonds is 4. The van der Waals surface area contributed by atoms with E-state index in [4.69, 9.17) is 14.2 Å². The maximum atomic E-state index is 11.7.